The third-order valence-corrected chi connectivity index (χ3v) is 2.51. The molecule has 0 heterocycles. The minimum atomic E-state index is -0.529. The van der Waals surface area contributed by atoms with Crippen LogP contribution in [0.3, 0.4) is 0 Å². The van der Waals surface area contributed by atoms with Gasteiger partial charge >= 0.3 is 5.97 Å². The van der Waals surface area contributed by atoms with Crippen LogP contribution >= 0.6 is 0 Å². The predicted molar refractivity (Wildman–Crippen MR) is 74.3 cm³/mol. The summed E-state index contributed by atoms with van der Waals surface area (Å²) < 4.78 is 5.25. The van der Waals surface area contributed by atoms with Crippen LogP contribution in [0.15, 0.2) is 60.7 Å². The van der Waals surface area contributed by atoms with E-state index in [1.54, 1.807) is 0 Å². The molecule has 19 heavy (non-hydrogen) atoms. The van der Waals surface area contributed by atoms with Gasteiger partial charge in [0.1, 0.15) is 0 Å². The van der Waals surface area contributed by atoms with Crippen LogP contribution in [0.5, 0.6) is 0 Å². The maximum absolute atomic E-state index is 11.1. The van der Waals surface area contributed by atoms with Gasteiger partial charge in [0.05, 0.1) is 0 Å². The molecule has 2 heteroatoms. The standard InChI is InChI=1S/C17H14O2/c1-14(18)19-17(16-10-6-3-7-11-16)13-12-15-8-4-2-5-9-15/h2-11,17H,1H3/t17-/m0/s1. The van der Waals surface area contributed by atoms with Crippen molar-refractivity contribution in [2.75, 3.05) is 0 Å². The van der Waals surface area contributed by atoms with Gasteiger partial charge in [-0.15, -0.1) is 0 Å². The van der Waals surface area contributed by atoms with Crippen molar-refractivity contribution in [2.24, 2.45) is 0 Å². The molecule has 0 radical (unpaired) electrons. The molecule has 0 bridgehead atoms. The van der Waals surface area contributed by atoms with Crippen LogP contribution in [0.4, 0.5) is 0 Å². The summed E-state index contributed by atoms with van der Waals surface area (Å²) in [4.78, 5) is 11.1. The van der Waals surface area contributed by atoms with E-state index in [0.29, 0.717) is 0 Å². The molecule has 2 rings (SSSR count). The van der Waals surface area contributed by atoms with E-state index in [2.05, 4.69) is 11.8 Å². The Balaban J connectivity index is 2.25. The number of carbonyl (C=O) groups is 1. The number of carbonyl (C=O) groups excluding carboxylic acids is 1. The lowest BCUT2D eigenvalue weighted by atomic mass is 10.1. The highest BCUT2D eigenvalue weighted by molar-refractivity contribution is 5.66. The van der Waals surface area contributed by atoms with E-state index in [4.69, 9.17) is 4.74 Å². The first kappa shape index (κ1) is 12.9. The zero-order chi connectivity index (χ0) is 13.5. The molecular formula is C17H14O2. The summed E-state index contributed by atoms with van der Waals surface area (Å²) in [6.07, 6.45) is -0.529. The summed E-state index contributed by atoms with van der Waals surface area (Å²) in [7, 11) is 0. The number of hydrogen-bond donors (Lipinski definition) is 0. The highest BCUT2D eigenvalue weighted by atomic mass is 16.5. The quantitative estimate of drug-likeness (QED) is 0.603. The summed E-state index contributed by atoms with van der Waals surface area (Å²) >= 11 is 0. The predicted octanol–water partition coefficient (Wildman–Crippen LogP) is 3.34. The Kier molecular flexibility index (Phi) is 4.36. The summed E-state index contributed by atoms with van der Waals surface area (Å²) in [6.45, 7) is 1.39. The van der Waals surface area contributed by atoms with Gasteiger partial charge in [0.25, 0.3) is 0 Å². The molecule has 0 saturated heterocycles. The molecule has 0 amide bonds. The van der Waals surface area contributed by atoms with Crippen molar-refractivity contribution in [3.8, 4) is 11.8 Å². The number of hydrogen-bond acceptors (Lipinski definition) is 2. The maximum Gasteiger partial charge on any atom is 0.304 e. The van der Waals surface area contributed by atoms with Crippen molar-refractivity contribution >= 4 is 5.97 Å². The summed E-state index contributed by atoms with van der Waals surface area (Å²) in [5.74, 6) is 5.68. The van der Waals surface area contributed by atoms with Crippen molar-refractivity contribution < 1.29 is 9.53 Å². The molecule has 0 saturated carbocycles. The molecule has 2 aromatic rings. The van der Waals surface area contributed by atoms with E-state index < -0.39 is 6.10 Å². The average molecular weight is 250 g/mol. The van der Waals surface area contributed by atoms with Crippen molar-refractivity contribution in [2.45, 2.75) is 13.0 Å². The molecule has 2 nitrogen and oxygen atoms in total. The fourth-order valence-electron chi connectivity index (χ4n) is 1.64. The Morgan fingerprint density at radius 3 is 2.16 bits per heavy atom. The van der Waals surface area contributed by atoms with E-state index in [1.807, 2.05) is 60.7 Å². The van der Waals surface area contributed by atoms with Gasteiger partial charge in [-0.05, 0) is 18.1 Å². The molecule has 0 N–H and O–H groups in total. The number of ether oxygens (including phenoxy) is 1. The van der Waals surface area contributed by atoms with Crippen LogP contribution in [-0.2, 0) is 9.53 Å². The lowest BCUT2D eigenvalue weighted by Gasteiger charge is -2.10. The zero-order valence-corrected chi connectivity index (χ0v) is 10.7. The second-order valence-corrected chi connectivity index (χ2v) is 4.04. The van der Waals surface area contributed by atoms with Crippen LogP contribution < -0.4 is 0 Å². The van der Waals surface area contributed by atoms with Gasteiger partial charge in [0, 0.05) is 18.1 Å². The molecule has 2 aromatic carbocycles. The monoisotopic (exact) mass is 250 g/mol. The molecule has 0 aliphatic carbocycles. The second-order valence-electron chi connectivity index (χ2n) is 4.04. The minimum absolute atomic E-state index is 0.337. The van der Waals surface area contributed by atoms with E-state index >= 15 is 0 Å². The first-order valence-corrected chi connectivity index (χ1v) is 6.04. The van der Waals surface area contributed by atoms with Gasteiger partial charge in [-0.25, -0.2) is 0 Å². The first-order valence-electron chi connectivity index (χ1n) is 6.04. The summed E-state index contributed by atoms with van der Waals surface area (Å²) in [6, 6.07) is 19.1. The largest absolute Gasteiger partial charge is 0.444 e. The fourth-order valence-corrected chi connectivity index (χ4v) is 1.64. The van der Waals surface area contributed by atoms with Crippen LogP contribution in [-0.4, -0.2) is 5.97 Å². The van der Waals surface area contributed by atoms with Crippen molar-refractivity contribution in [1.29, 1.82) is 0 Å². The maximum atomic E-state index is 11.1. The van der Waals surface area contributed by atoms with Crippen LogP contribution in [0.25, 0.3) is 0 Å². The molecule has 0 fully saturated rings. The Morgan fingerprint density at radius 1 is 1.00 bits per heavy atom. The van der Waals surface area contributed by atoms with Gasteiger partial charge in [0.2, 0.25) is 0 Å². The number of benzene rings is 2. The molecule has 94 valence electrons. The molecule has 0 aromatic heterocycles. The smallest absolute Gasteiger partial charge is 0.304 e. The molecule has 0 spiro atoms. The third kappa shape index (κ3) is 4.01. The van der Waals surface area contributed by atoms with Gasteiger partial charge in [-0.2, -0.15) is 0 Å². The van der Waals surface area contributed by atoms with Crippen LogP contribution in [0.1, 0.15) is 24.2 Å². The van der Waals surface area contributed by atoms with E-state index in [0.717, 1.165) is 11.1 Å². The zero-order valence-electron chi connectivity index (χ0n) is 10.7. The average Bonchev–Trinajstić information content (AvgIpc) is 2.45. The lowest BCUT2D eigenvalue weighted by Crippen LogP contribution is -2.06. The second kappa shape index (κ2) is 6.42. The Bertz CT molecular complexity index is 591. The molecule has 0 unspecified atom stereocenters. The SMILES string of the molecule is CC(=O)O[C@@H](C#Cc1ccccc1)c1ccccc1. The summed E-state index contributed by atoms with van der Waals surface area (Å²) in [5.41, 5.74) is 1.77. The van der Waals surface area contributed by atoms with Crippen LogP contribution in [0.2, 0.25) is 0 Å². The fraction of sp³-hybridized carbons (Fsp3) is 0.118. The molecule has 0 aliphatic heterocycles. The normalized spacial score (nSPS) is 11.0. The highest BCUT2D eigenvalue weighted by Crippen LogP contribution is 2.16. The highest BCUT2D eigenvalue weighted by Gasteiger charge is 2.10. The van der Waals surface area contributed by atoms with Crippen molar-refractivity contribution in [3.63, 3.8) is 0 Å². The number of rotatable bonds is 2. The van der Waals surface area contributed by atoms with Gasteiger partial charge in [-0.3, -0.25) is 4.79 Å². The first-order chi connectivity index (χ1) is 9.25. The van der Waals surface area contributed by atoms with Gasteiger partial charge in [-0.1, -0.05) is 54.5 Å². The Morgan fingerprint density at radius 2 is 1.58 bits per heavy atom. The Hall–Kier alpha value is -2.53. The van der Waals surface area contributed by atoms with E-state index in [1.165, 1.54) is 6.92 Å². The number of esters is 1. The van der Waals surface area contributed by atoms with Crippen molar-refractivity contribution in [3.05, 3.63) is 71.8 Å². The van der Waals surface area contributed by atoms with E-state index in [9.17, 15) is 4.79 Å². The van der Waals surface area contributed by atoms with Gasteiger partial charge < -0.3 is 4.74 Å². The molecule has 0 aliphatic rings. The van der Waals surface area contributed by atoms with Crippen molar-refractivity contribution in [1.82, 2.24) is 0 Å². The van der Waals surface area contributed by atoms with Gasteiger partial charge in [0.15, 0.2) is 6.10 Å². The van der Waals surface area contributed by atoms with Crippen LogP contribution in [0, 0.1) is 11.8 Å². The van der Waals surface area contributed by atoms with E-state index in [-0.39, 0.29) is 5.97 Å². The summed E-state index contributed by atoms with van der Waals surface area (Å²) in [5, 5.41) is 0. The minimum Gasteiger partial charge on any atom is -0.444 e. The third-order valence-electron chi connectivity index (χ3n) is 2.51. The molecule has 1 atom stereocenters. The molecular weight excluding hydrogens is 236 g/mol. The lowest BCUT2D eigenvalue weighted by molar-refractivity contribution is -0.144. The Labute approximate surface area is 113 Å². The topological polar surface area (TPSA) is 26.3 Å².